The molecule has 2 amide bonds. The fourth-order valence-corrected chi connectivity index (χ4v) is 5.48. The summed E-state index contributed by atoms with van der Waals surface area (Å²) in [5.74, 6) is 2.66. The van der Waals surface area contributed by atoms with Gasteiger partial charge in [0.25, 0.3) is 5.91 Å². The first-order chi connectivity index (χ1) is 23.1. The Hall–Kier alpha value is -5.65. The summed E-state index contributed by atoms with van der Waals surface area (Å²) in [6, 6.07) is 21.7. The molecular formula is C36H39N7O5. The van der Waals surface area contributed by atoms with Crippen LogP contribution >= 0.6 is 0 Å². The third kappa shape index (κ3) is 7.83. The Morgan fingerprint density at radius 1 is 0.938 bits per heavy atom. The number of ether oxygens (including phenoxy) is 3. The first-order valence-electron chi connectivity index (χ1n) is 15.9. The molecule has 0 aliphatic carbocycles. The second-order valence-corrected chi connectivity index (χ2v) is 12.6. The maximum absolute atomic E-state index is 12.9. The van der Waals surface area contributed by atoms with E-state index in [1.54, 1.807) is 66.9 Å². The molecule has 4 heterocycles. The van der Waals surface area contributed by atoms with Gasteiger partial charge < -0.3 is 29.7 Å². The summed E-state index contributed by atoms with van der Waals surface area (Å²) in [4.78, 5) is 36.2. The minimum atomic E-state index is -0.576. The molecule has 6 rings (SSSR count). The zero-order valence-corrected chi connectivity index (χ0v) is 27.5. The van der Waals surface area contributed by atoms with E-state index in [2.05, 4.69) is 15.6 Å². The van der Waals surface area contributed by atoms with Crippen molar-refractivity contribution in [1.29, 1.82) is 0 Å². The topological polar surface area (TPSA) is 133 Å². The zero-order valence-electron chi connectivity index (χ0n) is 27.5. The van der Waals surface area contributed by atoms with Crippen LogP contribution < -0.4 is 20.1 Å². The second-order valence-electron chi connectivity index (χ2n) is 12.6. The average Bonchev–Trinajstić information content (AvgIpc) is 3.42. The van der Waals surface area contributed by atoms with Crippen LogP contribution in [0.1, 0.15) is 49.5 Å². The number of pyridine rings is 2. The van der Waals surface area contributed by atoms with Crippen LogP contribution in [0.2, 0.25) is 0 Å². The lowest BCUT2D eigenvalue weighted by Crippen LogP contribution is -2.47. The van der Waals surface area contributed by atoms with E-state index in [4.69, 9.17) is 24.3 Å². The van der Waals surface area contributed by atoms with Gasteiger partial charge in [-0.3, -0.25) is 4.79 Å². The summed E-state index contributed by atoms with van der Waals surface area (Å²) in [6.07, 6.45) is 4.66. The van der Waals surface area contributed by atoms with Crippen molar-refractivity contribution in [2.75, 3.05) is 30.8 Å². The quantitative estimate of drug-likeness (QED) is 0.178. The lowest BCUT2D eigenvalue weighted by atomic mass is 10.1. The minimum absolute atomic E-state index is 0.0660. The van der Waals surface area contributed by atoms with Crippen molar-refractivity contribution in [3.63, 3.8) is 0 Å². The van der Waals surface area contributed by atoms with Crippen LogP contribution in [0.3, 0.4) is 0 Å². The third-order valence-corrected chi connectivity index (χ3v) is 7.75. The predicted molar refractivity (Wildman–Crippen MR) is 183 cm³/mol. The van der Waals surface area contributed by atoms with Crippen LogP contribution in [0, 0.1) is 0 Å². The Bertz CT molecular complexity index is 1870. The lowest BCUT2D eigenvalue weighted by Gasteiger charge is -2.34. The Morgan fingerprint density at radius 3 is 2.42 bits per heavy atom. The maximum atomic E-state index is 12.9. The fraction of sp³-hybridized carbons (Fsp3) is 0.306. The van der Waals surface area contributed by atoms with Gasteiger partial charge in [0.15, 0.2) is 11.5 Å². The van der Waals surface area contributed by atoms with Gasteiger partial charge in [0.1, 0.15) is 34.1 Å². The number of piperidine rings is 1. The van der Waals surface area contributed by atoms with E-state index in [1.807, 2.05) is 55.8 Å². The largest absolute Gasteiger partial charge is 0.497 e. The van der Waals surface area contributed by atoms with Gasteiger partial charge in [0.2, 0.25) is 0 Å². The first-order valence-corrected chi connectivity index (χ1v) is 15.9. The average molecular weight is 650 g/mol. The van der Waals surface area contributed by atoms with Crippen LogP contribution in [-0.2, 0) is 11.3 Å². The number of hydrogen-bond acceptors (Lipinski definition) is 9. The number of anilines is 2. The molecule has 5 aromatic rings. The number of nitrogens with one attached hydrogen (secondary N) is 2. The molecule has 1 atom stereocenters. The van der Waals surface area contributed by atoms with Gasteiger partial charge in [-0.2, -0.15) is 5.10 Å². The second kappa shape index (κ2) is 14.0. The van der Waals surface area contributed by atoms with Gasteiger partial charge in [-0.05, 0) is 87.7 Å². The Morgan fingerprint density at radius 2 is 1.71 bits per heavy atom. The first kappa shape index (κ1) is 32.3. The molecule has 0 unspecified atom stereocenters. The summed E-state index contributed by atoms with van der Waals surface area (Å²) >= 11 is 0. The molecule has 12 nitrogen and oxygen atoms in total. The highest BCUT2D eigenvalue weighted by atomic mass is 16.6. The molecule has 0 saturated carbocycles. The van der Waals surface area contributed by atoms with Gasteiger partial charge in [-0.25, -0.2) is 19.4 Å². The van der Waals surface area contributed by atoms with Crippen molar-refractivity contribution in [3.05, 3.63) is 96.3 Å². The van der Waals surface area contributed by atoms with Crippen molar-refractivity contribution in [3.8, 4) is 17.2 Å². The van der Waals surface area contributed by atoms with Gasteiger partial charge in [-0.1, -0.05) is 18.2 Å². The molecule has 1 aliphatic heterocycles. The maximum Gasteiger partial charge on any atom is 0.410 e. The van der Waals surface area contributed by atoms with E-state index < -0.39 is 5.60 Å². The van der Waals surface area contributed by atoms with Crippen LogP contribution in [0.4, 0.5) is 16.4 Å². The number of aromatic nitrogens is 4. The van der Waals surface area contributed by atoms with E-state index in [0.29, 0.717) is 59.4 Å². The van der Waals surface area contributed by atoms with Crippen LogP contribution in [0.5, 0.6) is 17.2 Å². The number of methoxy groups -OCH3 is 1. The van der Waals surface area contributed by atoms with Gasteiger partial charge in [0.05, 0.1) is 13.7 Å². The summed E-state index contributed by atoms with van der Waals surface area (Å²) in [6.45, 7) is 7.17. The number of benzene rings is 2. The number of nitrogens with zero attached hydrogens (tertiary/aromatic N) is 5. The van der Waals surface area contributed by atoms with Crippen LogP contribution in [0.15, 0.2) is 85.2 Å². The monoisotopic (exact) mass is 649 g/mol. The number of rotatable bonds is 9. The Balaban J connectivity index is 1.27. The Kier molecular flexibility index (Phi) is 9.42. The summed E-state index contributed by atoms with van der Waals surface area (Å²) in [5.41, 5.74) is 1.55. The van der Waals surface area contributed by atoms with E-state index >= 15 is 0 Å². The van der Waals surface area contributed by atoms with Gasteiger partial charge in [0, 0.05) is 43.2 Å². The van der Waals surface area contributed by atoms with Crippen molar-refractivity contribution >= 4 is 34.7 Å². The smallest absolute Gasteiger partial charge is 0.410 e. The molecule has 1 saturated heterocycles. The molecule has 3 aromatic heterocycles. The third-order valence-electron chi connectivity index (χ3n) is 7.75. The van der Waals surface area contributed by atoms with Crippen molar-refractivity contribution in [2.45, 2.75) is 51.8 Å². The molecule has 0 spiro atoms. The number of hydrogen-bond donors (Lipinski definition) is 2. The minimum Gasteiger partial charge on any atom is -0.497 e. The molecule has 1 fully saturated rings. The molecule has 2 aromatic carbocycles. The highest BCUT2D eigenvalue weighted by molar-refractivity contribution is 6.03. The molecule has 1 aliphatic rings. The SMILES string of the molecule is COc1ccc(Cn2nc(N[C@@H]3CCCN(C(=O)OC(C)(C)C)C3)c3c(Oc4ccc(C(=O)Nc5ccccn5)cc4)ccnc32)cc1. The fourth-order valence-electron chi connectivity index (χ4n) is 5.48. The van der Waals surface area contributed by atoms with E-state index in [1.165, 1.54) is 0 Å². The lowest BCUT2D eigenvalue weighted by molar-refractivity contribution is 0.0206. The number of carbonyl (C=O) groups excluding carboxylic acids is 2. The Labute approximate surface area is 279 Å². The van der Waals surface area contributed by atoms with E-state index in [9.17, 15) is 9.59 Å². The van der Waals surface area contributed by atoms with Crippen molar-refractivity contribution < 1.29 is 23.8 Å². The molecule has 248 valence electrons. The summed E-state index contributed by atoms with van der Waals surface area (Å²) in [7, 11) is 1.64. The summed E-state index contributed by atoms with van der Waals surface area (Å²) in [5, 5.41) is 12.1. The highest BCUT2D eigenvalue weighted by Gasteiger charge is 2.29. The number of fused-ring (bicyclic) bond motifs is 1. The molecule has 0 radical (unpaired) electrons. The van der Waals surface area contributed by atoms with Crippen LogP contribution in [-0.4, -0.2) is 68.5 Å². The number of amides is 2. The predicted octanol–water partition coefficient (Wildman–Crippen LogP) is 6.74. The highest BCUT2D eigenvalue weighted by Crippen LogP contribution is 2.35. The summed E-state index contributed by atoms with van der Waals surface area (Å²) < 4.78 is 19.2. The normalized spacial score (nSPS) is 14.8. The van der Waals surface area contributed by atoms with E-state index in [0.717, 1.165) is 24.2 Å². The van der Waals surface area contributed by atoms with Crippen LogP contribution in [0.25, 0.3) is 11.0 Å². The molecule has 12 heteroatoms. The molecule has 0 bridgehead atoms. The van der Waals surface area contributed by atoms with Gasteiger partial charge in [-0.15, -0.1) is 0 Å². The van der Waals surface area contributed by atoms with Gasteiger partial charge >= 0.3 is 6.09 Å². The van der Waals surface area contributed by atoms with E-state index in [-0.39, 0.29) is 18.0 Å². The zero-order chi connectivity index (χ0) is 33.7. The molecular weight excluding hydrogens is 610 g/mol. The molecule has 2 N–H and O–H groups in total. The number of likely N-dealkylation sites (tertiary alicyclic amines) is 1. The van der Waals surface area contributed by atoms with Crippen molar-refractivity contribution in [2.24, 2.45) is 0 Å². The van der Waals surface area contributed by atoms with Crippen molar-refractivity contribution in [1.82, 2.24) is 24.6 Å². The number of carbonyl (C=O) groups is 2. The standard InChI is InChI=1S/C36H39N7O5/c1-36(2,3)48-35(45)42-21-7-8-26(23-42)39-32-31-29(18-20-38-33(31)43(41-32)22-24-10-14-27(46-4)15-11-24)47-28-16-12-25(13-17-28)34(44)40-30-9-5-6-19-37-30/h5-6,9-20,26H,7-8,21-23H2,1-4H3,(H,39,41)(H,37,40,44)/t26-/m1/s1. The molecule has 48 heavy (non-hydrogen) atoms.